The number of para-hydroxylation sites is 2. The van der Waals surface area contributed by atoms with Crippen molar-refractivity contribution in [1.29, 1.82) is 5.26 Å². The quantitative estimate of drug-likeness (QED) is 0.807. The summed E-state index contributed by atoms with van der Waals surface area (Å²) in [7, 11) is 1.69. The minimum absolute atomic E-state index is 0.0836. The molecule has 0 aromatic heterocycles. The summed E-state index contributed by atoms with van der Waals surface area (Å²) in [5.41, 5.74) is 1.10. The second-order valence-electron chi connectivity index (χ2n) is 7.03. The van der Waals surface area contributed by atoms with E-state index < -0.39 is 0 Å². The number of nitrogens with zero attached hydrogens (tertiary/aromatic N) is 4. The first-order valence-electron chi connectivity index (χ1n) is 9.49. The number of anilines is 1. The van der Waals surface area contributed by atoms with Crippen LogP contribution in [0.3, 0.4) is 0 Å². The number of likely N-dealkylation sites (tertiary alicyclic amines) is 1. The predicted molar refractivity (Wildman–Crippen MR) is 101 cm³/mol. The van der Waals surface area contributed by atoms with Crippen LogP contribution in [0.25, 0.3) is 0 Å². The zero-order chi connectivity index (χ0) is 18.4. The van der Waals surface area contributed by atoms with E-state index in [-0.39, 0.29) is 11.8 Å². The molecule has 2 saturated heterocycles. The molecule has 140 valence electrons. The highest BCUT2D eigenvalue weighted by molar-refractivity contribution is 5.79. The molecule has 0 radical (unpaired) electrons. The molecule has 6 heteroatoms. The number of nitriles is 1. The Morgan fingerprint density at radius 2 is 2.00 bits per heavy atom. The number of rotatable bonds is 5. The summed E-state index contributed by atoms with van der Waals surface area (Å²) in [6.07, 6.45) is 2.55. The Morgan fingerprint density at radius 3 is 2.73 bits per heavy atom. The predicted octanol–water partition coefficient (Wildman–Crippen LogP) is 1.97. The lowest BCUT2D eigenvalue weighted by atomic mass is 9.96. The van der Waals surface area contributed by atoms with Gasteiger partial charge in [-0.15, -0.1) is 0 Å². The summed E-state index contributed by atoms with van der Waals surface area (Å²) in [6, 6.07) is 10.2. The molecule has 0 bridgehead atoms. The maximum atomic E-state index is 12.9. The zero-order valence-electron chi connectivity index (χ0n) is 15.6. The Morgan fingerprint density at radius 1 is 1.23 bits per heavy atom. The highest BCUT2D eigenvalue weighted by atomic mass is 16.5. The molecule has 1 aromatic carbocycles. The van der Waals surface area contributed by atoms with Crippen molar-refractivity contribution >= 4 is 11.6 Å². The van der Waals surface area contributed by atoms with Crippen LogP contribution in [0.5, 0.6) is 5.75 Å². The first-order chi connectivity index (χ1) is 12.7. The normalized spacial score (nSPS) is 21.3. The summed E-state index contributed by atoms with van der Waals surface area (Å²) < 4.78 is 5.46. The third-order valence-corrected chi connectivity index (χ3v) is 5.41. The zero-order valence-corrected chi connectivity index (χ0v) is 15.6. The van der Waals surface area contributed by atoms with Crippen molar-refractivity contribution in [3.8, 4) is 11.8 Å². The highest BCUT2D eigenvalue weighted by Crippen LogP contribution is 2.29. The van der Waals surface area contributed by atoms with Gasteiger partial charge >= 0.3 is 0 Å². The van der Waals surface area contributed by atoms with Crippen LogP contribution in [0.15, 0.2) is 24.3 Å². The molecular weight excluding hydrogens is 328 g/mol. The molecule has 26 heavy (non-hydrogen) atoms. The molecule has 0 aliphatic carbocycles. The van der Waals surface area contributed by atoms with Crippen LogP contribution in [0.4, 0.5) is 5.69 Å². The van der Waals surface area contributed by atoms with Crippen LogP contribution < -0.4 is 9.64 Å². The van der Waals surface area contributed by atoms with Gasteiger partial charge in [-0.25, -0.2) is 0 Å². The molecule has 1 atom stereocenters. The van der Waals surface area contributed by atoms with Crippen molar-refractivity contribution in [1.82, 2.24) is 9.80 Å². The van der Waals surface area contributed by atoms with Gasteiger partial charge in [0, 0.05) is 45.7 Å². The van der Waals surface area contributed by atoms with Crippen LogP contribution in [0.2, 0.25) is 0 Å². The van der Waals surface area contributed by atoms with Crippen molar-refractivity contribution in [2.24, 2.45) is 5.92 Å². The summed E-state index contributed by atoms with van der Waals surface area (Å²) >= 11 is 0. The minimum Gasteiger partial charge on any atom is -0.495 e. The Balaban J connectivity index is 1.54. The van der Waals surface area contributed by atoms with E-state index in [4.69, 9.17) is 10.00 Å². The van der Waals surface area contributed by atoms with Crippen LogP contribution in [-0.2, 0) is 4.79 Å². The van der Waals surface area contributed by atoms with Crippen molar-refractivity contribution in [3.05, 3.63) is 24.3 Å². The lowest BCUT2D eigenvalue weighted by Gasteiger charge is -2.40. The van der Waals surface area contributed by atoms with Gasteiger partial charge in [-0.3, -0.25) is 4.79 Å². The summed E-state index contributed by atoms with van der Waals surface area (Å²) in [5.74, 6) is 1.25. The minimum atomic E-state index is 0.0836. The molecular formula is C20H28N4O2. The number of amides is 1. The number of hydrogen-bond donors (Lipinski definition) is 0. The maximum absolute atomic E-state index is 12.9. The standard InChI is InChI=1S/C20H28N4O2/c1-26-19-8-3-2-7-18(19)23-12-14-24(15-13-23)20(25)17-6-4-10-22(16-17)11-5-9-21/h2-3,7-8,17H,4-6,10-16H2,1H3. The first kappa shape index (κ1) is 18.5. The number of carbonyl (C=O) groups excluding carboxylic acids is 1. The second-order valence-corrected chi connectivity index (χ2v) is 7.03. The van der Waals surface area contributed by atoms with Crippen molar-refractivity contribution in [3.63, 3.8) is 0 Å². The fourth-order valence-corrected chi connectivity index (χ4v) is 3.99. The number of ether oxygens (including phenoxy) is 1. The van der Waals surface area contributed by atoms with E-state index in [1.54, 1.807) is 7.11 Å². The second kappa shape index (κ2) is 8.91. The third-order valence-electron chi connectivity index (χ3n) is 5.41. The molecule has 2 aliphatic heterocycles. The number of piperazine rings is 1. The first-order valence-corrected chi connectivity index (χ1v) is 9.49. The number of piperidine rings is 1. The summed E-state index contributed by atoms with van der Waals surface area (Å²) in [6.45, 7) is 5.76. The Labute approximate surface area is 155 Å². The van der Waals surface area contributed by atoms with Gasteiger partial charge in [-0.05, 0) is 31.5 Å². The Bertz CT molecular complexity index is 649. The monoisotopic (exact) mass is 356 g/mol. The topological polar surface area (TPSA) is 59.8 Å². The molecule has 1 unspecified atom stereocenters. The largest absolute Gasteiger partial charge is 0.495 e. The average molecular weight is 356 g/mol. The van der Waals surface area contributed by atoms with E-state index in [9.17, 15) is 4.79 Å². The molecule has 0 spiro atoms. The van der Waals surface area contributed by atoms with E-state index in [0.717, 1.165) is 70.1 Å². The number of methoxy groups -OCH3 is 1. The molecule has 2 aliphatic rings. The van der Waals surface area contributed by atoms with E-state index >= 15 is 0 Å². The number of benzene rings is 1. The van der Waals surface area contributed by atoms with Gasteiger partial charge in [0.2, 0.25) is 5.91 Å². The van der Waals surface area contributed by atoms with Crippen molar-refractivity contribution < 1.29 is 9.53 Å². The average Bonchev–Trinajstić information content (AvgIpc) is 2.72. The molecule has 2 heterocycles. The fourth-order valence-electron chi connectivity index (χ4n) is 3.99. The highest BCUT2D eigenvalue weighted by Gasteiger charge is 2.31. The number of hydrogen-bond acceptors (Lipinski definition) is 5. The smallest absolute Gasteiger partial charge is 0.227 e. The molecule has 3 rings (SSSR count). The van der Waals surface area contributed by atoms with Gasteiger partial charge in [-0.2, -0.15) is 5.26 Å². The molecule has 0 N–H and O–H groups in total. The molecule has 1 aromatic rings. The van der Waals surface area contributed by atoms with E-state index in [2.05, 4.69) is 21.9 Å². The van der Waals surface area contributed by atoms with Gasteiger partial charge in [-0.1, -0.05) is 12.1 Å². The van der Waals surface area contributed by atoms with E-state index in [0.29, 0.717) is 6.42 Å². The SMILES string of the molecule is COc1ccccc1N1CCN(C(=O)C2CCCN(CCC#N)C2)CC1. The van der Waals surface area contributed by atoms with Crippen molar-refractivity contribution in [2.45, 2.75) is 19.3 Å². The lowest BCUT2D eigenvalue weighted by molar-refractivity contribution is -0.137. The Hall–Kier alpha value is -2.26. The molecule has 6 nitrogen and oxygen atoms in total. The lowest BCUT2D eigenvalue weighted by Crippen LogP contribution is -2.52. The van der Waals surface area contributed by atoms with Crippen LogP contribution >= 0.6 is 0 Å². The third kappa shape index (κ3) is 4.28. The molecule has 2 fully saturated rings. The summed E-state index contributed by atoms with van der Waals surface area (Å²) in [5, 5.41) is 8.77. The van der Waals surface area contributed by atoms with Gasteiger partial charge < -0.3 is 19.4 Å². The van der Waals surface area contributed by atoms with Crippen LogP contribution in [0, 0.1) is 17.2 Å². The number of carbonyl (C=O) groups is 1. The molecule has 1 amide bonds. The van der Waals surface area contributed by atoms with Gasteiger partial charge in [0.05, 0.1) is 24.8 Å². The van der Waals surface area contributed by atoms with Gasteiger partial charge in [0.15, 0.2) is 0 Å². The van der Waals surface area contributed by atoms with Gasteiger partial charge in [0.25, 0.3) is 0 Å². The van der Waals surface area contributed by atoms with Crippen LogP contribution in [-0.4, -0.2) is 68.6 Å². The van der Waals surface area contributed by atoms with Crippen molar-refractivity contribution in [2.75, 3.05) is 57.8 Å². The fraction of sp³-hybridized carbons (Fsp3) is 0.600. The van der Waals surface area contributed by atoms with E-state index in [1.807, 2.05) is 23.1 Å². The summed E-state index contributed by atoms with van der Waals surface area (Å²) in [4.78, 5) is 19.5. The Kier molecular flexibility index (Phi) is 6.35. The maximum Gasteiger partial charge on any atom is 0.227 e. The molecule has 0 saturated carbocycles. The van der Waals surface area contributed by atoms with Crippen LogP contribution in [0.1, 0.15) is 19.3 Å². The van der Waals surface area contributed by atoms with Gasteiger partial charge in [0.1, 0.15) is 5.75 Å². The van der Waals surface area contributed by atoms with E-state index in [1.165, 1.54) is 0 Å².